The zero-order chi connectivity index (χ0) is 37.3. The third-order valence-corrected chi connectivity index (χ3v) is 6.93. The highest BCUT2D eigenvalue weighted by Gasteiger charge is 2.32. The van der Waals surface area contributed by atoms with E-state index in [4.69, 9.17) is 22.3 Å². The summed E-state index contributed by atoms with van der Waals surface area (Å²) in [5.74, 6) is -7.25. The van der Waals surface area contributed by atoms with Crippen molar-refractivity contribution in [2.75, 3.05) is 13.1 Å². The van der Waals surface area contributed by atoms with Crippen molar-refractivity contribution >= 4 is 47.4 Å². The van der Waals surface area contributed by atoms with Gasteiger partial charge in [-0.25, -0.2) is 9.78 Å². The number of nitrogens with two attached hydrogens (primary N) is 3. The molecule has 0 aromatic carbocycles. The van der Waals surface area contributed by atoms with Crippen LogP contribution in [0.15, 0.2) is 17.5 Å². The van der Waals surface area contributed by atoms with Crippen LogP contribution in [0.1, 0.15) is 59.1 Å². The number of nitrogens with zero attached hydrogens (tertiary/aromatic N) is 2. The van der Waals surface area contributed by atoms with Crippen LogP contribution in [0.25, 0.3) is 0 Å². The zero-order valence-corrected chi connectivity index (χ0v) is 28.0. The number of aliphatic imine (C=N–C) groups is 1. The number of carbonyl (C=O) groups is 7. The molecular formula is C29H49N11O9. The number of nitrogens with one attached hydrogen (secondary N) is 6. The summed E-state index contributed by atoms with van der Waals surface area (Å²) >= 11 is 0. The number of rotatable bonds is 22. The second kappa shape index (κ2) is 20.9. The van der Waals surface area contributed by atoms with Crippen LogP contribution in [0.4, 0.5) is 0 Å². The Hall–Kier alpha value is -5.27. The number of aromatic amines is 1. The summed E-state index contributed by atoms with van der Waals surface area (Å²) < 4.78 is 0. The van der Waals surface area contributed by atoms with Gasteiger partial charge in [0.25, 0.3) is 0 Å². The largest absolute Gasteiger partial charge is 0.481 e. The van der Waals surface area contributed by atoms with Crippen molar-refractivity contribution in [3.63, 3.8) is 0 Å². The Morgan fingerprint density at radius 1 is 0.878 bits per heavy atom. The lowest BCUT2D eigenvalue weighted by Crippen LogP contribution is -2.59. The molecule has 5 amide bonds. The SMILES string of the molecule is CC(C)C[C@H](NC(=O)[C@H](Cc1cnc[nH]1)NC(=O)[C@@H](N)CC(=O)O)C(=O)N[C@H](C(=O)NCC(=O)N[C@@H](CCCN=C(N)N)C(=O)O)C(C)C. The molecule has 1 aromatic heterocycles. The molecule has 0 bridgehead atoms. The van der Waals surface area contributed by atoms with Gasteiger partial charge in [0.05, 0.1) is 25.3 Å². The van der Waals surface area contributed by atoms with Crippen LogP contribution in [-0.4, -0.2) is 111 Å². The van der Waals surface area contributed by atoms with Crippen molar-refractivity contribution < 1.29 is 43.8 Å². The van der Waals surface area contributed by atoms with Crippen molar-refractivity contribution in [1.82, 2.24) is 36.6 Å². The Morgan fingerprint density at radius 2 is 1.51 bits per heavy atom. The standard InChI is InChI=1S/C29H49N11O9/c1-14(2)8-19(39-25(45)20(9-16-11-33-13-36-16)38-24(44)17(30)10-22(42)43)26(46)40-23(15(3)4)27(47)35-12-21(41)37-18(28(48)49)6-5-7-34-29(31)32/h11,13-15,17-20,23H,5-10,12,30H2,1-4H3,(H,33,36)(H,35,47)(H,37,41)(H,38,44)(H,39,45)(H,40,46)(H,42,43)(H,48,49)(H4,31,32,34)/t17-,18-,19-,20-,23-/m0/s1. The van der Waals surface area contributed by atoms with E-state index in [2.05, 4.69) is 41.5 Å². The average Bonchev–Trinajstić information content (AvgIpc) is 3.51. The van der Waals surface area contributed by atoms with Crippen LogP contribution in [0, 0.1) is 11.8 Å². The topological polar surface area (TPSA) is 339 Å². The number of carbonyl (C=O) groups excluding carboxylic acids is 5. The molecule has 0 saturated heterocycles. The van der Waals surface area contributed by atoms with Crippen molar-refractivity contribution in [3.8, 4) is 0 Å². The quantitative estimate of drug-likeness (QED) is 0.0321. The van der Waals surface area contributed by atoms with E-state index in [1.807, 2.05) is 0 Å². The second-order valence-corrected chi connectivity index (χ2v) is 12.1. The molecule has 0 saturated carbocycles. The third-order valence-electron chi connectivity index (χ3n) is 6.93. The predicted molar refractivity (Wildman–Crippen MR) is 175 cm³/mol. The number of carboxylic acid groups (broad SMARTS) is 2. The molecule has 14 N–H and O–H groups in total. The summed E-state index contributed by atoms with van der Waals surface area (Å²) in [5.41, 5.74) is 16.6. The Balaban J connectivity index is 2.99. The minimum absolute atomic E-state index is 0.0288. The highest BCUT2D eigenvalue weighted by atomic mass is 16.4. The summed E-state index contributed by atoms with van der Waals surface area (Å²) in [6.45, 7) is 6.48. The number of imidazole rings is 1. The number of aromatic nitrogens is 2. The number of carboxylic acids is 2. The van der Waals surface area contributed by atoms with Crippen LogP contribution in [0.5, 0.6) is 0 Å². The molecule has 0 unspecified atom stereocenters. The maximum Gasteiger partial charge on any atom is 0.326 e. The van der Waals surface area contributed by atoms with Crippen molar-refractivity contribution in [3.05, 3.63) is 18.2 Å². The van der Waals surface area contributed by atoms with Gasteiger partial charge >= 0.3 is 11.9 Å². The lowest BCUT2D eigenvalue weighted by atomic mass is 9.99. The first kappa shape index (κ1) is 41.8. The number of hydrogen-bond acceptors (Lipinski definition) is 10. The molecule has 0 aliphatic rings. The molecule has 20 nitrogen and oxygen atoms in total. The van der Waals surface area contributed by atoms with Gasteiger partial charge in [0, 0.05) is 24.9 Å². The van der Waals surface area contributed by atoms with E-state index >= 15 is 0 Å². The summed E-state index contributed by atoms with van der Waals surface area (Å²) in [4.78, 5) is 98.1. The van der Waals surface area contributed by atoms with Crippen LogP contribution in [0.2, 0.25) is 0 Å². The molecule has 1 aromatic rings. The first-order chi connectivity index (χ1) is 22.9. The van der Waals surface area contributed by atoms with E-state index in [0.29, 0.717) is 5.69 Å². The molecule has 1 heterocycles. The normalized spacial score (nSPS) is 14.0. The van der Waals surface area contributed by atoms with Gasteiger partial charge in [-0.2, -0.15) is 0 Å². The Morgan fingerprint density at radius 3 is 2.04 bits per heavy atom. The zero-order valence-electron chi connectivity index (χ0n) is 28.0. The fraction of sp³-hybridized carbons (Fsp3) is 0.621. The van der Waals surface area contributed by atoms with E-state index in [1.54, 1.807) is 27.7 Å². The van der Waals surface area contributed by atoms with Crippen molar-refractivity contribution in [1.29, 1.82) is 0 Å². The minimum atomic E-state index is -1.44. The first-order valence-corrected chi connectivity index (χ1v) is 15.6. The molecule has 274 valence electrons. The molecular weight excluding hydrogens is 646 g/mol. The van der Waals surface area contributed by atoms with Crippen LogP contribution >= 0.6 is 0 Å². The van der Waals surface area contributed by atoms with Crippen LogP contribution < -0.4 is 43.8 Å². The highest BCUT2D eigenvalue weighted by Crippen LogP contribution is 2.10. The summed E-state index contributed by atoms with van der Waals surface area (Å²) in [6, 6.07) is -6.30. The fourth-order valence-corrected chi connectivity index (χ4v) is 4.43. The average molecular weight is 696 g/mol. The third kappa shape index (κ3) is 16.4. The van der Waals surface area contributed by atoms with E-state index in [9.17, 15) is 38.7 Å². The number of guanidine groups is 1. The summed E-state index contributed by atoms with van der Waals surface area (Å²) in [5, 5.41) is 30.8. The Labute approximate surface area is 283 Å². The highest BCUT2D eigenvalue weighted by molar-refractivity contribution is 5.96. The smallest absolute Gasteiger partial charge is 0.326 e. The van der Waals surface area contributed by atoms with E-state index < -0.39 is 90.6 Å². The van der Waals surface area contributed by atoms with Gasteiger partial charge in [0.15, 0.2) is 5.96 Å². The molecule has 1 rings (SSSR count). The Bertz CT molecular complexity index is 1310. The summed E-state index contributed by atoms with van der Waals surface area (Å²) in [7, 11) is 0. The molecule has 0 aliphatic carbocycles. The first-order valence-electron chi connectivity index (χ1n) is 15.6. The molecule has 5 atom stereocenters. The molecule has 0 radical (unpaired) electrons. The van der Waals surface area contributed by atoms with Gasteiger partial charge in [-0.05, 0) is 31.1 Å². The Kier molecular flexibility index (Phi) is 17.8. The van der Waals surface area contributed by atoms with E-state index in [1.165, 1.54) is 12.5 Å². The van der Waals surface area contributed by atoms with Crippen molar-refractivity contribution in [2.45, 2.75) is 90.0 Å². The van der Waals surface area contributed by atoms with Gasteiger partial charge in [-0.15, -0.1) is 0 Å². The van der Waals surface area contributed by atoms with Crippen LogP contribution in [0.3, 0.4) is 0 Å². The monoisotopic (exact) mass is 695 g/mol. The number of aliphatic carboxylic acids is 2. The van der Waals surface area contributed by atoms with Gasteiger partial charge in [0.1, 0.15) is 24.2 Å². The van der Waals surface area contributed by atoms with Crippen molar-refractivity contribution in [2.24, 2.45) is 34.0 Å². The molecule has 0 spiro atoms. The van der Waals surface area contributed by atoms with Gasteiger partial charge in [0.2, 0.25) is 29.5 Å². The van der Waals surface area contributed by atoms with Gasteiger partial charge in [-0.1, -0.05) is 27.7 Å². The number of hydrogen-bond donors (Lipinski definition) is 11. The number of H-pyrrole nitrogens is 1. The maximum atomic E-state index is 13.5. The van der Waals surface area contributed by atoms with E-state index in [0.717, 1.165) is 0 Å². The fourth-order valence-electron chi connectivity index (χ4n) is 4.43. The second-order valence-electron chi connectivity index (χ2n) is 12.1. The molecule has 49 heavy (non-hydrogen) atoms. The predicted octanol–water partition coefficient (Wildman–Crippen LogP) is -3.35. The molecule has 0 fully saturated rings. The lowest BCUT2D eigenvalue weighted by Gasteiger charge is -2.27. The minimum Gasteiger partial charge on any atom is -0.481 e. The van der Waals surface area contributed by atoms with Gasteiger partial charge < -0.3 is 59.0 Å². The maximum absolute atomic E-state index is 13.5. The van der Waals surface area contributed by atoms with E-state index in [-0.39, 0.29) is 44.1 Å². The molecule has 20 heteroatoms. The molecule has 0 aliphatic heterocycles. The summed E-state index contributed by atoms with van der Waals surface area (Å²) in [6.07, 6.45) is 2.45. The number of amides is 5. The van der Waals surface area contributed by atoms with Gasteiger partial charge in [-0.3, -0.25) is 33.8 Å². The lowest BCUT2D eigenvalue weighted by molar-refractivity contribution is -0.142. The van der Waals surface area contributed by atoms with Crippen LogP contribution in [-0.2, 0) is 40.0 Å².